The molecular formula is C10H15BrOSn. The Morgan fingerprint density at radius 2 is 1.77 bits per heavy atom. The molecule has 0 atom stereocenters. The first-order chi connectivity index (χ1) is 5.84. The van der Waals surface area contributed by atoms with Crippen molar-refractivity contribution in [2.24, 2.45) is 0 Å². The quantitative estimate of drug-likeness (QED) is 0.773. The number of rotatable bonds is 1. The van der Waals surface area contributed by atoms with Crippen LogP contribution in [0.4, 0.5) is 0 Å². The molecular weight excluding hydrogens is 335 g/mol. The summed E-state index contributed by atoms with van der Waals surface area (Å²) in [5.74, 6) is 0.461. The summed E-state index contributed by atoms with van der Waals surface area (Å²) in [6.07, 6.45) is 0. The molecule has 0 saturated heterocycles. The van der Waals surface area contributed by atoms with Crippen LogP contribution in [0.25, 0.3) is 0 Å². The van der Waals surface area contributed by atoms with Crippen molar-refractivity contribution in [3.8, 4) is 5.75 Å². The zero-order valence-electron chi connectivity index (χ0n) is 8.48. The van der Waals surface area contributed by atoms with E-state index in [1.807, 2.05) is 6.92 Å². The fraction of sp³-hybridized carbons (Fsp3) is 0.400. The predicted molar refractivity (Wildman–Crippen MR) is 63.5 cm³/mol. The van der Waals surface area contributed by atoms with E-state index in [0.29, 0.717) is 5.75 Å². The molecule has 3 heteroatoms. The fourth-order valence-corrected chi connectivity index (χ4v) is 6.19. The molecule has 72 valence electrons. The summed E-state index contributed by atoms with van der Waals surface area (Å²) in [6.45, 7) is 1.99. The molecule has 0 aliphatic carbocycles. The van der Waals surface area contributed by atoms with Gasteiger partial charge in [0.15, 0.2) is 0 Å². The van der Waals surface area contributed by atoms with Gasteiger partial charge in [0.25, 0.3) is 0 Å². The van der Waals surface area contributed by atoms with E-state index in [1.54, 1.807) is 0 Å². The van der Waals surface area contributed by atoms with Gasteiger partial charge >= 0.3 is 92.7 Å². The monoisotopic (exact) mass is 350 g/mol. The molecule has 0 unspecified atom stereocenters. The summed E-state index contributed by atoms with van der Waals surface area (Å²) in [7, 11) is 0. The Labute approximate surface area is 92.2 Å². The molecule has 0 amide bonds. The Hall–Kier alpha value is 0.299. The second-order valence-corrected chi connectivity index (χ2v) is 19.5. The number of aryl methyl sites for hydroxylation is 1. The van der Waals surface area contributed by atoms with Crippen molar-refractivity contribution < 1.29 is 5.11 Å². The molecule has 0 saturated carbocycles. The number of benzene rings is 1. The summed E-state index contributed by atoms with van der Waals surface area (Å²) in [5.41, 5.74) is 1.09. The minimum absolute atomic E-state index is 0.461. The van der Waals surface area contributed by atoms with Crippen molar-refractivity contribution >= 4 is 37.9 Å². The molecule has 1 aromatic rings. The number of hydrogen-bond acceptors (Lipinski definition) is 1. The SMILES string of the molecule is Cc1cc[c]([Sn]([CH3])([CH3])[CH3])c(O)c1Br. The number of halogens is 1. The number of aromatic hydroxyl groups is 1. The summed E-state index contributed by atoms with van der Waals surface area (Å²) in [5, 5.41) is 9.92. The van der Waals surface area contributed by atoms with Crippen LogP contribution in [-0.4, -0.2) is 23.5 Å². The van der Waals surface area contributed by atoms with Gasteiger partial charge in [-0.25, -0.2) is 0 Å². The number of phenols is 1. The molecule has 0 aliphatic rings. The van der Waals surface area contributed by atoms with Crippen molar-refractivity contribution in [1.82, 2.24) is 0 Å². The first kappa shape index (κ1) is 11.4. The first-order valence-corrected chi connectivity index (χ1v) is 15.1. The van der Waals surface area contributed by atoms with Crippen LogP contribution >= 0.6 is 15.9 Å². The van der Waals surface area contributed by atoms with Gasteiger partial charge in [-0.3, -0.25) is 0 Å². The molecule has 0 heterocycles. The van der Waals surface area contributed by atoms with Crippen LogP contribution in [-0.2, 0) is 0 Å². The van der Waals surface area contributed by atoms with Gasteiger partial charge < -0.3 is 0 Å². The van der Waals surface area contributed by atoms with Gasteiger partial charge in [0.2, 0.25) is 0 Å². The molecule has 1 nitrogen and oxygen atoms in total. The van der Waals surface area contributed by atoms with Crippen LogP contribution < -0.4 is 3.58 Å². The summed E-state index contributed by atoms with van der Waals surface area (Å²) in [6, 6.07) is 4.15. The maximum absolute atomic E-state index is 9.92. The molecule has 0 aromatic heterocycles. The van der Waals surface area contributed by atoms with E-state index in [0.717, 1.165) is 10.0 Å². The first-order valence-electron chi connectivity index (χ1n) is 4.32. The zero-order chi connectivity index (χ0) is 10.2. The van der Waals surface area contributed by atoms with Gasteiger partial charge in [0.05, 0.1) is 0 Å². The van der Waals surface area contributed by atoms with Crippen LogP contribution in [0.5, 0.6) is 5.75 Å². The molecule has 0 radical (unpaired) electrons. The van der Waals surface area contributed by atoms with Crippen LogP contribution in [0.1, 0.15) is 5.56 Å². The van der Waals surface area contributed by atoms with Crippen molar-refractivity contribution in [1.29, 1.82) is 0 Å². The normalized spacial score (nSPS) is 11.8. The molecule has 13 heavy (non-hydrogen) atoms. The van der Waals surface area contributed by atoms with Gasteiger partial charge in [-0.05, 0) is 0 Å². The van der Waals surface area contributed by atoms with Gasteiger partial charge in [0, 0.05) is 0 Å². The third-order valence-corrected chi connectivity index (χ3v) is 8.88. The Bertz CT molecular complexity index is 328. The van der Waals surface area contributed by atoms with Gasteiger partial charge in [-0.15, -0.1) is 0 Å². The summed E-state index contributed by atoms with van der Waals surface area (Å²) >= 11 is 1.28. The Morgan fingerprint density at radius 3 is 2.23 bits per heavy atom. The van der Waals surface area contributed by atoms with Crippen LogP contribution in [0.15, 0.2) is 16.6 Å². The van der Waals surface area contributed by atoms with Crippen LogP contribution in [0, 0.1) is 6.92 Å². The van der Waals surface area contributed by atoms with Crippen molar-refractivity contribution in [3.05, 3.63) is 22.2 Å². The maximum atomic E-state index is 9.92. The Kier molecular flexibility index (Phi) is 3.33. The molecule has 0 spiro atoms. The van der Waals surface area contributed by atoms with E-state index in [4.69, 9.17) is 0 Å². The third kappa shape index (κ3) is 2.40. The van der Waals surface area contributed by atoms with Crippen LogP contribution in [0.3, 0.4) is 0 Å². The topological polar surface area (TPSA) is 20.2 Å². The second-order valence-electron chi connectivity index (χ2n) is 4.34. The minimum atomic E-state index is -2.13. The molecule has 1 rings (SSSR count). The predicted octanol–water partition coefficient (Wildman–Crippen LogP) is 3.01. The van der Waals surface area contributed by atoms with E-state index >= 15 is 0 Å². The molecule has 1 N–H and O–H groups in total. The average Bonchev–Trinajstić information content (AvgIpc) is 1.98. The van der Waals surface area contributed by atoms with Crippen molar-refractivity contribution in [2.75, 3.05) is 0 Å². The van der Waals surface area contributed by atoms with Gasteiger partial charge in [0.1, 0.15) is 0 Å². The molecule has 0 fully saturated rings. The van der Waals surface area contributed by atoms with E-state index in [2.05, 4.69) is 42.9 Å². The van der Waals surface area contributed by atoms with Crippen molar-refractivity contribution in [3.63, 3.8) is 0 Å². The zero-order valence-corrected chi connectivity index (χ0v) is 12.9. The second kappa shape index (κ2) is 3.81. The van der Waals surface area contributed by atoms with Gasteiger partial charge in [-0.1, -0.05) is 0 Å². The average molecular weight is 350 g/mol. The molecule has 0 bridgehead atoms. The Balaban J connectivity index is 3.35. The van der Waals surface area contributed by atoms with E-state index in [-0.39, 0.29) is 0 Å². The van der Waals surface area contributed by atoms with E-state index in [1.165, 1.54) is 3.58 Å². The van der Waals surface area contributed by atoms with E-state index in [9.17, 15) is 5.11 Å². The summed E-state index contributed by atoms with van der Waals surface area (Å²) < 4.78 is 2.04. The Morgan fingerprint density at radius 1 is 1.23 bits per heavy atom. The van der Waals surface area contributed by atoms with Gasteiger partial charge in [-0.2, -0.15) is 0 Å². The van der Waals surface area contributed by atoms with Crippen LogP contribution in [0.2, 0.25) is 14.8 Å². The fourth-order valence-electron chi connectivity index (χ4n) is 1.27. The number of phenolic OH excluding ortho intramolecular Hbond substituents is 1. The standard InChI is InChI=1S/C7H6BrO.3CH3.Sn/c1-5-3-2-4-6(9)7(5)8;;;;/h2-3,9H,1H3;3*1H3;. The summed E-state index contributed by atoms with van der Waals surface area (Å²) in [4.78, 5) is 6.89. The molecule has 1 aromatic carbocycles. The third-order valence-electron chi connectivity index (χ3n) is 2.12. The van der Waals surface area contributed by atoms with E-state index < -0.39 is 18.4 Å². The van der Waals surface area contributed by atoms with Crippen molar-refractivity contribution in [2.45, 2.75) is 21.7 Å². The number of hydrogen-bond donors (Lipinski definition) is 1. The molecule has 0 aliphatic heterocycles.